The van der Waals surface area contributed by atoms with Gasteiger partial charge in [0.1, 0.15) is 0 Å². The second-order valence-corrected chi connectivity index (χ2v) is 7.22. The summed E-state index contributed by atoms with van der Waals surface area (Å²) in [6.07, 6.45) is 1.87. The zero-order valence-electron chi connectivity index (χ0n) is 14.2. The molecule has 0 fully saturated rings. The van der Waals surface area contributed by atoms with Crippen LogP contribution in [0.2, 0.25) is 5.02 Å². The maximum absolute atomic E-state index is 6.54. The van der Waals surface area contributed by atoms with E-state index in [-0.39, 0.29) is 6.04 Å². The summed E-state index contributed by atoms with van der Waals surface area (Å²) >= 11 is 6.54. The quantitative estimate of drug-likeness (QED) is 0.751. The van der Waals surface area contributed by atoms with Crippen molar-refractivity contribution in [3.63, 3.8) is 0 Å². The summed E-state index contributed by atoms with van der Waals surface area (Å²) in [4.78, 5) is 2.44. The van der Waals surface area contributed by atoms with E-state index in [1.54, 1.807) is 0 Å². The Hall–Kier alpha value is -0.730. The molecule has 0 radical (unpaired) electrons. The predicted octanol–water partition coefficient (Wildman–Crippen LogP) is 4.74. The van der Waals surface area contributed by atoms with Crippen LogP contribution in [0.4, 0.5) is 5.69 Å². The molecular weight excluding hydrogens is 280 g/mol. The number of hydrogen-bond acceptors (Lipinski definition) is 2. The van der Waals surface area contributed by atoms with Gasteiger partial charge >= 0.3 is 0 Å². The molecule has 0 amide bonds. The van der Waals surface area contributed by atoms with Gasteiger partial charge < -0.3 is 10.6 Å². The smallest absolute Gasteiger partial charge is 0.0642 e. The first-order valence-electron chi connectivity index (χ1n) is 8.13. The van der Waals surface area contributed by atoms with Crippen molar-refractivity contribution in [3.05, 3.63) is 28.8 Å². The molecule has 1 rings (SSSR count). The molecule has 1 unspecified atom stereocenters. The standard InChI is InChI=1S/C18H31ClN2/c1-6-16(20)10-15-8-7-9-17(19)18(15)21(11-13(2)3)12-14(4)5/h7-9,13-14,16H,6,10-12,20H2,1-5H3. The maximum atomic E-state index is 6.54. The third-order valence-corrected chi connectivity index (χ3v) is 3.87. The Bertz CT molecular complexity index is 419. The molecule has 2 nitrogen and oxygen atoms in total. The Morgan fingerprint density at radius 1 is 1.10 bits per heavy atom. The van der Waals surface area contributed by atoms with E-state index < -0.39 is 0 Å². The number of halogens is 1. The normalized spacial score (nSPS) is 13.0. The summed E-state index contributed by atoms with van der Waals surface area (Å²) in [5.41, 5.74) is 8.63. The first-order chi connectivity index (χ1) is 9.85. The number of hydrogen-bond donors (Lipinski definition) is 1. The number of para-hydroxylation sites is 1. The van der Waals surface area contributed by atoms with Gasteiger partial charge in [0.25, 0.3) is 0 Å². The lowest BCUT2D eigenvalue weighted by atomic mass is 10.0. The van der Waals surface area contributed by atoms with E-state index in [1.165, 1.54) is 11.3 Å². The summed E-state index contributed by atoms with van der Waals surface area (Å²) in [5.74, 6) is 1.21. The highest BCUT2D eigenvalue weighted by molar-refractivity contribution is 6.33. The van der Waals surface area contributed by atoms with Gasteiger partial charge in [-0.2, -0.15) is 0 Å². The van der Waals surface area contributed by atoms with Gasteiger partial charge in [-0.25, -0.2) is 0 Å². The van der Waals surface area contributed by atoms with Crippen molar-refractivity contribution in [2.45, 2.75) is 53.5 Å². The van der Waals surface area contributed by atoms with Crippen LogP contribution in [0, 0.1) is 11.8 Å². The molecule has 3 heteroatoms. The third-order valence-electron chi connectivity index (χ3n) is 3.56. The van der Waals surface area contributed by atoms with Gasteiger partial charge in [-0.05, 0) is 36.3 Å². The average molecular weight is 311 g/mol. The van der Waals surface area contributed by atoms with Gasteiger partial charge in [-0.15, -0.1) is 0 Å². The Balaban J connectivity index is 3.14. The first kappa shape index (κ1) is 18.3. The van der Waals surface area contributed by atoms with Crippen molar-refractivity contribution >= 4 is 17.3 Å². The molecule has 0 bridgehead atoms. The number of benzene rings is 1. The molecule has 1 aromatic carbocycles. The molecule has 0 aliphatic rings. The third kappa shape index (κ3) is 5.88. The highest BCUT2D eigenvalue weighted by atomic mass is 35.5. The summed E-state index contributed by atoms with van der Waals surface area (Å²) < 4.78 is 0. The summed E-state index contributed by atoms with van der Waals surface area (Å²) in [6.45, 7) is 13.2. The topological polar surface area (TPSA) is 29.3 Å². The van der Waals surface area contributed by atoms with Crippen molar-refractivity contribution < 1.29 is 0 Å². The Kier molecular flexibility index (Phi) is 7.55. The van der Waals surface area contributed by atoms with Crippen molar-refractivity contribution in [2.24, 2.45) is 17.6 Å². The molecule has 120 valence electrons. The molecule has 1 atom stereocenters. The maximum Gasteiger partial charge on any atom is 0.0642 e. The van der Waals surface area contributed by atoms with Crippen molar-refractivity contribution in [3.8, 4) is 0 Å². The molecule has 0 heterocycles. The van der Waals surface area contributed by atoms with Gasteiger partial charge in [-0.3, -0.25) is 0 Å². The fourth-order valence-electron chi connectivity index (χ4n) is 2.64. The Morgan fingerprint density at radius 2 is 1.67 bits per heavy atom. The number of nitrogens with two attached hydrogens (primary N) is 1. The van der Waals surface area contributed by atoms with Crippen LogP contribution in [-0.2, 0) is 6.42 Å². The van der Waals surface area contributed by atoms with Crippen molar-refractivity contribution in [1.29, 1.82) is 0 Å². The molecule has 0 saturated heterocycles. The second-order valence-electron chi connectivity index (χ2n) is 6.81. The van der Waals surface area contributed by atoms with Crippen LogP contribution in [0.25, 0.3) is 0 Å². The minimum Gasteiger partial charge on any atom is -0.370 e. The SMILES string of the molecule is CCC(N)Cc1cccc(Cl)c1N(CC(C)C)CC(C)C. The first-order valence-corrected chi connectivity index (χ1v) is 8.50. The van der Waals surface area contributed by atoms with Crippen LogP contribution in [0.15, 0.2) is 18.2 Å². The highest BCUT2D eigenvalue weighted by Gasteiger charge is 2.18. The predicted molar refractivity (Wildman–Crippen MR) is 95.3 cm³/mol. The van der Waals surface area contributed by atoms with E-state index in [1.807, 2.05) is 12.1 Å². The van der Waals surface area contributed by atoms with Crippen LogP contribution < -0.4 is 10.6 Å². The molecule has 21 heavy (non-hydrogen) atoms. The second kappa shape index (κ2) is 8.65. The Labute approximate surface area is 135 Å². The van der Waals surface area contributed by atoms with Crippen molar-refractivity contribution in [1.82, 2.24) is 0 Å². The molecular formula is C18H31ClN2. The van der Waals surface area contributed by atoms with E-state index in [4.69, 9.17) is 17.3 Å². The molecule has 0 saturated carbocycles. The summed E-state index contributed by atoms with van der Waals surface area (Å²) in [7, 11) is 0. The van der Waals surface area contributed by atoms with E-state index in [2.05, 4.69) is 45.6 Å². The van der Waals surface area contributed by atoms with Gasteiger partial charge in [0.05, 0.1) is 10.7 Å². The largest absolute Gasteiger partial charge is 0.370 e. The van der Waals surface area contributed by atoms with Gasteiger partial charge in [-0.1, -0.05) is 58.4 Å². The van der Waals surface area contributed by atoms with Gasteiger partial charge in [0.2, 0.25) is 0 Å². The van der Waals surface area contributed by atoms with Crippen LogP contribution >= 0.6 is 11.6 Å². The Morgan fingerprint density at radius 3 is 2.14 bits per heavy atom. The molecule has 0 aromatic heterocycles. The van der Waals surface area contributed by atoms with E-state index >= 15 is 0 Å². The summed E-state index contributed by atoms with van der Waals surface area (Å²) in [6, 6.07) is 6.39. The minimum atomic E-state index is 0.196. The van der Waals surface area contributed by atoms with Crippen LogP contribution in [0.3, 0.4) is 0 Å². The zero-order chi connectivity index (χ0) is 16.0. The van der Waals surface area contributed by atoms with E-state index in [0.717, 1.165) is 31.0 Å². The molecule has 0 aliphatic heterocycles. The lowest BCUT2D eigenvalue weighted by Gasteiger charge is -2.31. The van der Waals surface area contributed by atoms with Gasteiger partial charge in [0, 0.05) is 19.1 Å². The number of nitrogens with zero attached hydrogens (tertiary/aromatic N) is 1. The highest BCUT2D eigenvalue weighted by Crippen LogP contribution is 2.32. The minimum absolute atomic E-state index is 0.196. The van der Waals surface area contributed by atoms with E-state index in [9.17, 15) is 0 Å². The zero-order valence-corrected chi connectivity index (χ0v) is 15.0. The fraction of sp³-hybridized carbons (Fsp3) is 0.667. The lowest BCUT2D eigenvalue weighted by molar-refractivity contribution is 0.549. The molecule has 0 aliphatic carbocycles. The molecule has 0 spiro atoms. The van der Waals surface area contributed by atoms with Crippen LogP contribution in [0.1, 0.15) is 46.6 Å². The molecule has 1 aromatic rings. The van der Waals surface area contributed by atoms with E-state index in [0.29, 0.717) is 11.8 Å². The number of anilines is 1. The lowest BCUT2D eigenvalue weighted by Crippen LogP contribution is -2.33. The summed E-state index contributed by atoms with van der Waals surface area (Å²) in [5, 5.41) is 0.845. The fourth-order valence-corrected chi connectivity index (χ4v) is 2.96. The number of rotatable bonds is 8. The van der Waals surface area contributed by atoms with Crippen LogP contribution in [0.5, 0.6) is 0 Å². The monoisotopic (exact) mass is 310 g/mol. The van der Waals surface area contributed by atoms with Crippen molar-refractivity contribution in [2.75, 3.05) is 18.0 Å². The van der Waals surface area contributed by atoms with Crippen LogP contribution in [-0.4, -0.2) is 19.1 Å². The van der Waals surface area contributed by atoms with Gasteiger partial charge in [0.15, 0.2) is 0 Å². The average Bonchev–Trinajstić information content (AvgIpc) is 2.36. The molecule has 2 N–H and O–H groups in total.